The van der Waals surface area contributed by atoms with E-state index >= 15 is 0 Å². The lowest BCUT2D eigenvalue weighted by Gasteiger charge is -2.19. The van der Waals surface area contributed by atoms with Crippen LogP contribution in [0.25, 0.3) is 0 Å². The Morgan fingerprint density at radius 1 is 1.54 bits per heavy atom. The van der Waals surface area contributed by atoms with Gasteiger partial charge < -0.3 is 5.11 Å². The van der Waals surface area contributed by atoms with Crippen LogP contribution in [0.3, 0.4) is 0 Å². The highest BCUT2D eigenvalue weighted by atomic mass is 16.4. The Kier molecular flexibility index (Phi) is 6.29. The molecule has 0 heterocycles. The molecule has 0 aliphatic heterocycles. The second kappa shape index (κ2) is 6.70. The maximum absolute atomic E-state index is 10.8. The molecule has 0 saturated heterocycles. The third kappa shape index (κ3) is 4.11. The average Bonchev–Trinajstić information content (AvgIpc) is 2.11. The van der Waals surface area contributed by atoms with Crippen LogP contribution in [0.2, 0.25) is 0 Å². The summed E-state index contributed by atoms with van der Waals surface area (Å²) in [6.45, 7) is 7.74. The highest BCUT2D eigenvalue weighted by Crippen LogP contribution is 2.23. The van der Waals surface area contributed by atoms with E-state index in [1.165, 1.54) is 0 Å². The Balaban J connectivity index is 4.16. The molecule has 0 bridgehead atoms. The maximum atomic E-state index is 10.8. The standard InChI is InChI=1S/C11H20O2/c1-4-7-8-9(5-2)10(6-3)11(12)13/h6,9-10H,3-5,7-8H2,1-2H3,(H,12,13). The van der Waals surface area contributed by atoms with E-state index in [1.54, 1.807) is 6.08 Å². The Bertz CT molecular complexity index is 163. The van der Waals surface area contributed by atoms with Crippen molar-refractivity contribution >= 4 is 5.97 Å². The maximum Gasteiger partial charge on any atom is 0.310 e. The van der Waals surface area contributed by atoms with E-state index in [9.17, 15) is 4.79 Å². The minimum absolute atomic E-state index is 0.259. The van der Waals surface area contributed by atoms with Crippen molar-refractivity contribution in [2.75, 3.05) is 0 Å². The first-order chi connectivity index (χ1) is 6.17. The molecule has 0 fully saturated rings. The largest absolute Gasteiger partial charge is 0.481 e. The summed E-state index contributed by atoms with van der Waals surface area (Å²) < 4.78 is 0. The zero-order chi connectivity index (χ0) is 10.3. The molecular weight excluding hydrogens is 164 g/mol. The lowest BCUT2D eigenvalue weighted by molar-refractivity contribution is -0.141. The summed E-state index contributed by atoms with van der Waals surface area (Å²) in [7, 11) is 0. The van der Waals surface area contributed by atoms with Crippen molar-refractivity contribution in [1.29, 1.82) is 0 Å². The second-order valence-electron chi connectivity index (χ2n) is 3.41. The molecule has 0 saturated carbocycles. The average molecular weight is 184 g/mol. The van der Waals surface area contributed by atoms with Crippen molar-refractivity contribution in [1.82, 2.24) is 0 Å². The van der Waals surface area contributed by atoms with Crippen molar-refractivity contribution in [3.05, 3.63) is 12.7 Å². The van der Waals surface area contributed by atoms with E-state index < -0.39 is 5.97 Å². The minimum Gasteiger partial charge on any atom is -0.481 e. The van der Waals surface area contributed by atoms with Crippen LogP contribution < -0.4 is 0 Å². The Morgan fingerprint density at radius 2 is 2.15 bits per heavy atom. The van der Waals surface area contributed by atoms with Crippen LogP contribution in [-0.4, -0.2) is 11.1 Å². The molecular formula is C11H20O2. The zero-order valence-corrected chi connectivity index (χ0v) is 8.62. The number of carboxylic acid groups (broad SMARTS) is 1. The number of unbranched alkanes of at least 4 members (excludes halogenated alkanes) is 1. The van der Waals surface area contributed by atoms with Gasteiger partial charge in [0.15, 0.2) is 0 Å². The monoisotopic (exact) mass is 184 g/mol. The fraction of sp³-hybridized carbons (Fsp3) is 0.727. The van der Waals surface area contributed by atoms with Crippen molar-refractivity contribution in [3.8, 4) is 0 Å². The number of aliphatic carboxylic acids is 1. The highest BCUT2D eigenvalue weighted by molar-refractivity contribution is 5.72. The van der Waals surface area contributed by atoms with Crippen LogP contribution in [0.1, 0.15) is 39.5 Å². The van der Waals surface area contributed by atoms with E-state index in [4.69, 9.17) is 5.11 Å². The first-order valence-electron chi connectivity index (χ1n) is 5.02. The zero-order valence-electron chi connectivity index (χ0n) is 8.62. The third-order valence-electron chi connectivity index (χ3n) is 2.50. The minimum atomic E-state index is -0.738. The lowest BCUT2D eigenvalue weighted by Crippen LogP contribution is -2.21. The van der Waals surface area contributed by atoms with Gasteiger partial charge >= 0.3 is 5.97 Å². The van der Waals surface area contributed by atoms with Crippen molar-refractivity contribution in [2.45, 2.75) is 39.5 Å². The molecule has 0 radical (unpaired) electrons. The predicted octanol–water partition coefficient (Wildman–Crippen LogP) is 3.09. The van der Waals surface area contributed by atoms with E-state index in [2.05, 4.69) is 13.5 Å². The van der Waals surface area contributed by atoms with Crippen molar-refractivity contribution in [3.63, 3.8) is 0 Å². The van der Waals surface area contributed by atoms with Crippen LogP contribution in [0.4, 0.5) is 0 Å². The number of hydrogen-bond acceptors (Lipinski definition) is 1. The summed E-state index contributed by atoms with van der Waals surface area (Å²) in [6, 6.07) is 0. The molecule has 0 aliphatic rings. The highest BCUT2D eigenvalue weighted by Gasteiger charge is 2.22. The summed E-state index contributed by atoms with van der Waals surface area (Å²) in [5, 5.41) is 8.90. The molecule has 2 nitrogen and oxygen atoms in total. The molecule has 1 N–H and O–H groups in total. The van der Waals surface area contributed by atoms with Gasteiger partial charge in [0.25, 0.3) is 0 Å². The van der Waals surface area contributed by atoms with Crippen molar-refractivity contribution < 1.29 is 9.90 Å². The van der Waals surface area contributed by atoms with Gasteiger partial charge in [0, 0.05) is 0 Å². The van der Waals surface area contributed by atoms with Gasteiger partial charge in [0.05, 0.1) is 5.92 Å². The Morgan fingerprint density at radius 3 is 2.46 bits per heavy atom. The fourth-order valence-corrected chi connectivity index (χ4v) is 1.60. The third-order valence-corrected chi connectivity index (χ3v) is 2.50. The molecule has 76 valence electrons. The molecule has 2 heteroatoms. The summed E-state index contributed by atoms with van der Waals surface area (Å²) in [5.74, 6) is -0.843. The molecule has 0 aromatic rings. The van der Waals surface area contributed by atoms with Gasteiger partial charge in [-0.2, -0.15) is 0 Å². The molecule has 0 amide bonds. The van der Waals surface area contributed by atoms with Crippen LogP contribution in [0.5, 0.6) is 0 Å². The van der Waals surface area contributed by atoms with Gasteiger partial charge in [-0.3, -0.25) is 4.79 Å². The van der Waals surface area contributed by atoms with Gasteiger partial charge in [-0.25, -0.2) is 0 Å². The summed E-state index contributed by atoms with van der Waals surface area (Å²) in [6.07, 6.45) is 5.71. The summed E-state index contributed by atoms with van der Waals surface area (Å²) >= 11 is 0. The van der Waals surface area contributed by atoms with Gasteiger partial charge in [0.2, 0.25) is 0 Å². The molecule has 0 spiro atoms. The van der Waals surface area contributed by atoms with Crippen LogP contribution in [0, 0.1) is 11.8 Å². The van der Waals surface area contributed by atoms with Gasteiger partial charge in [-0.05, 0) is 12.3 Å². The molecule has 0 aromatic heterocycles. The number of carbonyl (C=O) groups is 1. The van der Waals surface area contributed by atoms with Gasteiger partial charge in [-0.1, -0.05) is 39.2 Å². The summed E-state index contributed by atoms with van der Waals surface area (Å²) in [5.41, 5.74) is 0. The smallest absolute Gasteiger partial charge is 0.310 e. The number of carboxylic acids is 1. The van der Waals surface area contributed by atoms with Crippen LogP contribution >= 0.6 is 0 Å². The normalized spacial score (nSPS) is 14.9. The molecule has 0 rings (SSSR count). The Labute approximate surface area is 80.7 Å². The first-order valence-corrected chi connectivity index (χ1v) is 5.02. The Hall–Kier alpha value is -0.790. The van der Waals surface area contributed by atoms with E-state index in [1.807, 2.05) is 6.92 Å². The summed E-state index contributed by atoms with van der Waals surface area (Å²) in [4.78, 5) is 10.8. The van der Waals surface area contributed by atoms with Crippen LogP contribution in [0.15, 0.2) is 12.7 Å². The van der Waals surface area contributed by atoms with Gasteiger partial charge in [-0.15, -0.1) is 6.58 Å². The fourth-order valence-electron chi connectivity index (χ4n) is 1.60. The van der Waals surface area contributed by atoms with Crippen LogP contribution in [-0.2, 0) is 4.79 Å². The first kappa shape index (κ1) is 12.2. The quantitative estimate of drug-likeness (QED) is 0.617. The van der Waals surface area contributed by atoms with Crippen molar-refractivity contribution in [2.24, 2.45) is 11.8 Å². The van der Waals surface area contributed by atoms with E-state index in [0.717, 1.165) is 25.7 Å². The lowest BCUT2D eigenvalue weighted by atomic mass is 9.86. The topological polar surface area (TPSA) is 37.3 Å². The predicted molar refractivity (Wildman–Crippen MR) is 54.6 cm³/mol. The molecule has 13 heavy (non-hydrogen) atoms. The van der Waals surface area contributed by atoms with E-state index in [0.29, 0.717) is 0 Å². The molecule has 2 atom stereocenters. The molecule has 0 aromatic carbocycles. The SMILES string of the molecule is C=CC(C(=O)O)C(CC)CCCC. The number of hydrogen-bond donors (Lipinski definition) is 1. The molecule has 2 unspecified atom stereocenters. The number of rotatable bonds is 7. The second-order valence-corrected chi connectivity index (χ2v) is 3.41. The van der Waals surface area contributed by atoms with E-state index in [-0.39, 0.29) is 11.8 Å². The van der Waals surface area contributed by atoms with Gasteiger partial charge in [0.1, 0.15) is 0 Å². The molecule has 0 aliphatic carbocycles.